The molecule has 7 nitrogen and oxygen atoms in total. The van der Waals surface area contributed by atoms with E-state index in [0.717, 1.165) is 36.1 Å². The van der Waals surface area contributed by atoms with Crippen LogP contribution in [0.2, 0.25) is 0 Å². The molecule has 0 spiro atoms. The molecule has 0 radical (unpaired) electrons. The first-order chi connectivity index (χ1) is 13.9. The quantitative estimate of drug-likeness (QED) is 0.634. The largest absolute Gasteiger partial charge is 0.379 e. The summed E-state index contributed by atoms with van der Waals surface area (Å²) < 4.78 is 35.1. The van der Waals surface area contributed by atoms with Crippen molar-refractivity contribution in [1.29, 1.82) is 0 Å². The van der Waals surface area contributed by atoms with Crippen LogP contribution in [0.1, 0.15) is 16.1 Å². The van der Waals surface area contributed by atoms with Crippen molar-refractivity contribution < 1.29 is 18.3 Å². The van der Waals surface area contributed by atoms with Gasteiger partial charge in [0.2, 0.25) is 0 Å². The third-order valence-corrected chi connectivity index (χ3v) is 5.86. The molecule has 1 saturated heterocycles. The Morgan fingerprint density at radius 1 is 1.31 bits per heavy atom. The van der Waals surface area contributed by atoms with Crippen molar-refractivity contribution in [3.8, 4) is 0 Å². The minimum absolute atomic E-state index is 0.0633. The minimum atomic E-state index is -0.739. The highest BCUT2D eigenvalue weighted by molar-refractivity contribution is 7.22. The second-order valence-corrected chi connectivity index (χ2v) is 7.99. The molecular weight excluding hydrogens is 400 g/mol. The number of fused-ring (bicyclic) bond motifs is 1. The van der Waals surface area contributed by atoms with Gasteiger partial charge in [-0.3, -0.25) is 19.3 Å². The van der Waals surface area contributed by atoms with Gasteiger partial charge in [0.15, 0.2) is 16.6 Å². The average Bonchev–Trinajstić information content (AvgIpc) is 3.25. The summed E-state index contributed by atoms with van der Waals surface area (Å²) in [4.78, 5) is 21.3. The summed E-state index contributed by atoms with van der Waals surface area (Å²) in [5.74, 6) is -1.72. The fraction of sp³-hybridized carbons (Fsp3) is 0.421. The van der Waals surface area contributed by atoms with Crippen molar-refractivity contribution in [3.63, 3.8) is 0 Å². The Morgan fingerprint density at radius 2 is 2.07 bits per heavy atom. The van der Waals surface area contributed by atoms with Gasteiger partial charge in [-0.2, -0.15) is 5.10 Å². The van der Waals surface area contributed by atoms with Crippen LogP contribution in [0, 0.1) is 18.6 Å². The first kappa shape index (κ1) is 19.9. The number of nitrogens with zero attached hydrogens (tertiary/aromatic N) is 5. The predicted octanol–water partition coefficient (Wildman–Crippen LogP) is 2.60. The van der Waals surface area contributed by atoms with Gasteiger partial charge < -0.3 is 4.74 Å². The summed E-state index contributed by atoms with van der Waals surface area (Å²) in [5.41, 5.74) is 1.13. The van der Waals surface area contributed by atoms with Gasteiger partial charge in [-0.25, -0.2) is 13.8 Å². The number of hydrogen-bond donors (Lipinski definition) is 0. The summed E-state index contributed by atoms with van der Waals surface area (Å²) in [7, 11) is 1.75. The lowest BCUT2D eigenvalue weighted by Gasteiger charge is -2.29. The van der Waals surface area contributed by atoms with E-state index in [1.54, 1.807) is 17.9 Å². The minimum Gasteiger partial charge on any atom is -0.379 e. The lowest BCUT2D eigenvalue weighted by Crippen LogP contribution is -2.43. The number of ether oxygens (including phenoxy) is 1. The summed E-state index contributed by atoms with van der Waals surface area (Å²) >= 11 is 1.09. The van der Waals surface area contributed by atoms with Gasteiger partial charge in [0, 0.05) is 51.1 Å². The van der Waals surface area contributed by atoms with Gasteiger partial charge in [-0.05, 0) is 13.0 Å². The molecule has 1 aliphatic rings. The maximum absolute atomic E-state index is 14.2. The van der Waals surface area contributed by atoms with Crippen LogP contribution in [0.5, 0.6) is 0 Å². The van der Waals surface area contributed by atoms with Crippen molar-refractivity contribution in [2.45, 2.75) is 6.92 Å². The smallest absolute Gasteiger partial charge is 0.280 e. The lowest BCUT2D eigenvalue weighted by atomic mass is 10.2. The van der Waals surface area contributed by atoms with Crippen LogP contribution in [-0.4, -0.2) is 65.0 Å². The molecule has 0 bridgehead atoms. The number of aromatic nitrogens is 3. The molecule has 4 rings (SSSR count). The van der Waals surface area contributed by atoms with Gasteiger partial charge in [0.25, 0.3) is 5.91 Å². The van der Waals surface area contributed by atoms with Gasteiger partial charge in [0.1, 0.15) is 11.3 Å². The lowest BCUT2D eigenvalue weighted by molar-refractivity contribution is 0.0391. The van der Waals surface area contributed by atoms with E-state index in [-0.39, 0.29) is 11.4 Å². The molecule has 1 aromatic carbocycles. The molecule has 2 aromatic heterocycles. The Balaban J connectivity index is 1.68. The van der Waals surface area contributed by atoms with Crippen molar-refractivity contribution in [2.24, 2.45) is 7.05 Å². The molecule has 1 aliphatic heterocycles. The fourth-order valence-electron chi connectivity index (χ4n) is 3.36. The standard InChI is InChI=1S/C19H21F2N5O2S/c1-12-11-24(2)23-16(12)18(27)26(4-3-25-5-7-28-8-6-25)19-22-17-14(21)9-13(20)10-15(17)29-19/h9-11H,3-8H2,1-2H3. The molecule has 3 aromatic rings. The van der Waals surface area contributed by atoms with Crippen molar-refractivity contribution in [1.82, 2.24) is 19.7 Å². The molecule has 0 saturated carbocycles. The Bertz CT molecular complexity index is 1040. The number of morpholine rings is 1. The molecule has 10 heteroatoms. The number of aryl methyl sites for hydroxylation is 2. The van der Waals surface area contributed by atoms with Gasteiger partial charge in [0.05, 0.1) is 17.9 Å². The Morgan fingerprint density at radius 3 is 2.76 bits per heavy atom. The van der Waals surface area contributed by atoms with Gasteiger partial charge in [-0.1, -0.05) is 11.3 Å². The molecule has 154 valence electrons. The van der Waals surface area contributed by atoms with E-state index in [4.69, 9.17) is 4.74 Å². The van der Waals surface area contributed by atoms with Crippen LogP contribution >= 0.6 is 11.3 Å². The van der Waals surface area contributed by atoms with Crippen LogP contribution in [0.3, 0.4) is 0 Å². The number of hydrogen-bond acceptors (Lipinski definition) is 6. The molecule has 0 unspecified atom stereocenters. The molecular formula is C19H21F2N5O2S. The van der Waals surface area contributed by atoms with E-state index in [0.29, 0.717) is 41.8 Å². The molecule has 0 N–H and O–H groups in total. The zero-order chi connectivity index (χ0) is 20.5. The van der Waals surface area contributed by atoms with Crippen LogP contribution in [0.15, 0.2) is 18.3 Å². The Kier molecular flexibility index (Phi) is 5.57. The van der Waals surface area contributed by atoms with E-state index >= 15 is 0 Å². The monoisotopic (exact) mass is 421 g/mol. The number of benzene rings is 1. The summed E-state index contributed by atoms with van der Waals surface area (Å²) in [6.07, 6.45) is 1.76. The molecule has 29 heavy (non-hydrogen) atoms. The average molecular weight is 421 g/mol. The third kappa shape index (κ3) is 4.14. The van der Waals surface area contributed by atoms with Crippen LogP contribution in [0.25, 0.3) is 10.2 Å². The predicted molar refractivity (Wildman–Crippen MR) is 106 cm³/mol. The maximum atomic E-state index is 14.2. The second-order valence-electron chi connectivity index (χ2n) is 6.98. The van der Waals surface area contributed by atoms with Crippen LogP contribution < -0.4 is 4.90 Å². The normalized spacial score (nSPS) is 15.2. The number of carbonyl (C=O) groups is 1. The first-order valence-corrected chi connectivity index (χ1v) is 10.1. The SMILES string of the molecule is Cc1cn(C)nc1C(=O)N(CCN1CCOCC1)c1nc2c(F)cc(F)cc2s1. The Hall–Kier alpha value is -2.43. The van der Waals surface area contributed by atoms with Crippen molar-refractivity contribution in [2.75, 3.05) is 44.3 Å². The number of halogens is 2. The summed E-state index contributed by atoms with van der Waals surface area (Å²) in [6, 6.07) is 2.03. The topological polar surface area (TPSA) is 63.5 Å². The van der Waals surface area contributed by atoms with Crippen LogP contribution in [-0.2, 0) is 11.8 Å². The van der Waals surface area contributed by atoms with Crippen molar-refractivity contribution >= 4 is 32.6 Å². The van der Waals surface area contributed by atoms with Crippen molar-refractivity contribution in [3.05, 3.63) is 41.2 Å². The number of amides is 1. The molecule has 1 fully saturated rings. The highest BCUT2D eigenvalue weighted by atomic mass is 32.1. The van der Waals surface area contributed by atoms with Crippen LogP contribution in [0.4, 0.5) is 13.9 Å². The van der Waals surface area contributed by atoms with E-state index in [2.05, 4.69) is 15.0 Å². The number of anilines is 1. The third-order valence-electron chi connectivity index (χ3n) is 4.84. The van der Waals surface area contributed by atoms with E-state index in [1.807, 2.05) is 6.92 Å². The van der Waals surface area contributed by atoms with E-state index in [1.165, 1.54) is 11.0 Å². The molecule has 0 aliphatic carbocycles. The van der Waals surface area contributed by atoms with E-state index < -0.39 is 11.6 Å². The second kappa shape index (κ2) is 8.13. The molecule has 0 atom stereocenters. The van der Waals surface area contributed by atoms with Gasteiger partial charge >= 0.3 is 0 Å². The number of rotatable bonds is 5. The number of carbonyl (C=O) groups excluding carboxylic acids is 1. The molecule has 1 amide bonds. The first-order valence-electron chi connectivity index (χ1n) is 9.30. The number of thiazole rings is 1. The Labute approximate surface area is 170 Å². The zero-order valence-corrected chi connectivity index (χ0v) is 17.0. The fourth-order valence-corrected chi connectivity index (χ4v) is 4.39. The zero-order valence-electron chi connectivity index (χ0n) is 16.2. The summed E-state index contributed by atoms with van der Waals surface area (Å²) in [5, 5.41) is 4.60. The highest BCUT2D eigenvalue weighted by Gasteiger charge is 2.26. The highest BCUT2D eigenvalue weighted by Crippen LogP contribution is 2.32. The molecule has 3 heterocycles. The van der Waals surface area contributed by atoms with Gasteiger partial charge in [-0.15, -0.1) is 0 Å². The van der Waals surface area contributed by atoms with E-state index in [9.17, 15) is 13.6 Å². The summed E-state index contributed by atoms with van der Waals surface area (Å²) in [6.45, 7) is 5.66. The maximum Gasteiger partial charge on any atom is 0.280 e.